The molecule has 8 heteroatoms. The lowest BCUT2D eigenvalue weighted by atomic mass is 9.89. The number of ether oxygens (including phenoxy) is 1. The Morgan fingerprint density at radius 3 is 2.60 bits per heavy atom. The molecule has 35 heavy (non-hydrogen) atoms. The molecule has 1 amide bonds. The van der Waals surface area contributed by atoms with E-state index in [-0.39, 0.29) is 12.0 Å². The van der Waals surface area contributed by atoms with E-state index in [9.17, 15) is 4.79 Å². The number of carbonyl (C=O) groups excluding carboxylic acids is 1. The molecule has 3 aromatic rings. The van der Waals surface area contributed by atoms with Crippen molar-refractivity contribution in [3.05, 3.63) is 69.8 Å². The van der Waals surface area contributed by atoms with Crippen LogP contribution in [0.4, 0.5) is 0 Å². The van der Waals surface area contributed by atoms with Crippen LogP contribution in [-0.2, 0) is 11.3 Å². The van der Waals surface area contributed by atoms with E-state index in [0.29, 0.717) is 6.54 Å². The molecule has 5 rings (SSSR count). The van der Waals surface area contributed by atoms with E-state index in [2.05, 4.69) is 15.8 Å². The topological polar surface area (TPSA) is 67.3 Å². The standard InChI is InChI=1S/C27H29ClN4O2S/c1-18(33)32-12-9-22(10-13-32)34-26-15-25(29-17-23(26)24-11-14-35-31-24)27(20-3-2-4-20)30-16-19-5-7-21(28)8-6-19/h5-8,11,14-15,17,22,30H,2-4,9-10,12-13,16H2,1H3. The number of aromatic nitrogens is 2. The maximum atomic E-state index is 11.7. The molecule has 2 aromatic heterocycles. The Balaban J connectivity index is 1.41. The van der Waals surface area contributed by atoms with E-state index in [1.807, 2.05) is 46.8 Å². The molecule has 2 fully saturated rings. The van der Waals surface area contributed by atoms with Crippen molar-refractivity contribution in [1.82, 2.24) is 19.6 Å². The van der Waals surface area contributed by atoms with Gasteiger partial charge in [-0.05, 0) is 60.1 Å². The Labute approximate surface area is 215 Å². The van der Waals surface area contributed by atoms with Crippen LogP contribution in [-0.4, -0.2) is 39.4 Å². The second kappa shape index (κ2) is 10.8. The van der Waals surface area contributed by atoms with Gasteiger partial charge in [0.1, 0.15) is 11.9 Å². The summed E-state index contributed by atoms with van der Waals surface area (Å²) in [6, 6.07) is 12.0. The number of allylic oxidation sites excluding steroid dienone is 1. The zero-order valence-corrected chi connectivity index (χ0v) is 21.4. The Kier molecular flexibility index (Phi) is 7.35. The number of halogens is 1. The van der Waals surface area contributed by atoms with Crippen molar-refractivity contribution in [1.29, 1.82) is 0 Å². The lowest BCUT2D eigenvalue weighted by molar-refractivity contribution is -0.130. The zero-order valence-electron chi connectivity index (χ0n) is 19.8. The highest BCUT2D eigenvalue weighted by Gasteiger charge is 2.25. The molecule has 3 heterocycles. The molecule has 1 aliphatic heterocycles. The minimum absolute atomic E-state index is 0.0556. The number of hydrogen-bond donors (Lipinski definition) is 1. The first-order chi connectivity index (χ1) is 17.1. The summed E-state index contributed by atoms with van der Waals surface area (Å²) in [5.41, 5.74) is 6.32. The monoisotopic (exact) mass is 508 g/mol. The summed E-state index contributed by atoms with van der Waals surface area (Å²) in [5.74, 6) is 0.925. The van der Waals surface area contributed by atoms with E-state index in [1.165, 1.54) is 29.1 Å². The van der Waals surface area contributed by atoms with Gasteiger partial charge in [0.05, 0.1) is 22.6 Å². The molecule has 1 N–H and O–H groups in total. The van der Waals surface area contributed by atoms with Crippen LogP contribution >= 0.6 is 23.1 Å². The Morgan fingerprint density at radius 1 is 1.20 bits per heavy atom. The first-order valence-electron chi connectivity index (χ1n) is 12.1. The van der Waals surface area contributed by atoms with Gasteiger partial charge in [0, 0.05) is 62.1 Å². The van der Waals surface area contributed by atoms with Crippen LogP contribution in [0.1, 0.15) is 50.3 Å². The van der Waals surface area contributed by atoms with E-state index in [0.717, 1.165) is 72.2 Å². The van der Waals surface area contributed by atoms with Gasteiger partial charge in [0.15, 0.2) is 0 Å². The molecule has 0 spiro atoms. The SMILES string of the molecule is CC(=O)N1CCC(Oc2cc(C(NCc3ccc(Cl)cc3)=C3CCC3)ncc2-c2ccsn2)CC1. The predicted molar refractivity (Wildman–Crippen MR) is 140 cm³/mol. The Morgan fingerprint density at radius 2 is 1.97 bits per heavy atom. The van der Waals surface area contributed by atoms with Gasteiger partial charge >= 0.3 is 0 Å². The van der Waals surface area contributed by atoms with Crippen LogP contribution in [0.2, 0.25) is 5.02 Å². The van der Waals surface area contributed by atoms with Gasteiger partial charge in [-0.3, -0.25) is 9.78 Å². The Bertz CT molecular complexity index is 1200. The molecule has 2 aliphatic rings. The highest BCUT2D eigenvalue weighted by Crippen LogP contribution is 2.36. The van der Waals surface area contributed by atoms with Gasteiger partial charge in [0.2, 0.25) is 5.91 Å². The van der Waals surface area contributed by atoms with E-state index >= 15 is 0 Å². The maximum Gasteiger partial charge on any atom is 0.219 e. The van der Waals surface area contributed by atoms with E-state index in [1.54, 1.807) is 6.92 Å². The average Bonchev–Trinajstić information content (AvgIpc) is 3.36. The molecule has 0 atom stereocenters. The second-order valence-electron chi connectivity index (χ2n) is 9.09. The zero-order chi connectivity index (χ0) is 24.2. The molecule has 1 aromatic carbocycles. The summed E-state index contributed by atoms with van der Waals surface area (Å²) in [7, 11) is 0. The minimum atomic E-state index is 0.0556. The van der Waals surface area contributed by atoms with E-state index < -0.39 is 0 Å². The van der Waals surface area contributed by atoms with Gasteiger partial charge in [-0.25, -0.2) is 0 Å². The largest absolute Gasteiger partial charge is 0.489 e. The number of pyridine rings is 1. The first-order valence-corrected chi connectivity index (χ1v) is 13.3. The summed E-state index contributed by atoms with van der Waals surface area (Å²) < 4.78 is 11.1. The number of hydrogen-bond acceptors (Lipinski definition) is 6. The van der Waals surface area contributed by atoms with E-state index in [4.69, 9.17) is 21.3 Å². The fraction of sp³-hybridized carbons (Fsp3) is 0.370. The number of rotatable bonds is 7. The third-order valence-electron chi connectivity index (χ3n) is 6.71. The fourth-order valence-electron chi connectivity index (χ4n) is 4.48. The lowest BCUT2D eigenvalue weighted by Gasteiger charge is -2.32. The van der Waals surface area contributed by atoms with Crippen LogP contribution in [0.5, 0.6) is 5.75 Å². The summed E-state index contributed by atoms with van der Waals surface area (Å²) in [6.45, 7) is 3.78. The molecule has 1 saturated heterocycles. The number of nitrogens with zero attached hydrogens (tertiary/aromatic N) is 3. The molecular weight excluding hydrogens is 480 g/mol. The van der Waals surface area contributed by atoms with Crippen molar-refractivity contribution in [2.24, 2.45) is 0 Å². The molecule has 1 saturated carbocycles. The highest BCUT2D eigenvalue weighted by atomic mass is 35.5. The highest BCUT2D eigenvalue weighted by molar-refractivity contribution is 7.03. The minimum Gasteiger partial charge on any atom is -0.489 e. The Hall–Kier alpha value is -2.90. The molecule has 6 nitrogen and oxygen atoms in total. The van der Waals surface area contributed by atoms with Crippen LogP contribution in [0.25, 0.3) is 17.0 Å². The van der Waals surface area contributed by atoms with Gasteiger partial charge in [0.25, 0.3) is 0 Å². The molecular formula is C27H29ClN4O2S. The third kappa shape index (κ3) is 5.68. The number of piperidine rings is 1. The van der Waals surface area contributed by atoms with Crippen LogP contribution in [0.15, 0.2) is 53.5 Å². The summed E-state index contributed by atoms with van der Waals surface area (Å²) in [4.78, 5) is 18.5. The normalized spacial score (nSPS) is 16.1. The molecule has 0 radical (unpaired) electrons. The van der Waals surface area contributed by atoms with Gasteiger partial charge < -0.3 is 15.0 Å². The van der Waals surface area contributed by atoms with Crippen molar-refractivity contribution < 1.29 is 9.53 Å². The molecule has 182 valence electrons. The smallest absolute Gasteiger partial charge is 0.219 e. The van der Waals surface area contributed by atoms with Gasteiger partial charge in [-0.15, -0.1) is 0 Å². The van der Waals surface area contributed by atoms with Gasteiger partial charge in [-0.2, -0.15) is 4.37 Å². The number of nitrogens with one attached hydrogen (secondary N) is 1. The number of carbonyl (C=O) groups is 1. The van der Waals surface area contributed by atoms with Gasteiger partial charge in [-0.1, -0.05) is 23.7 Å². The molecule has 0 bridgehead atoms. The summed E-state index contributed by atoms with van der Waals surface area (Å²) in [5, 5.41) is 6.34. The number of benzene rings is 1. The van der Waals surface area contributed by atoms with Crippen LogP contribution < -0.4 is 10.1 Å². The van der Waals surface area contributed by atoms with Crippen molar-refractivity contribution in [2.45, 2.75) is 51.7 Å². The van der Waals surface area contributed by atoms with Crippen molar-refractivity contribution >= 4 is 34.7 Å². The summed E-state index contributed by atoms with van der Waals surface area (Å²) >= 11 is 7.47. The van der Waals surface area contributed by atoms with Crippen molar-refractivity contribution in [2.75, 3.05) is 13.1 Å². The molecule has 1 aliphatic carbocycles. The second-order valence-corrected chi connectivity index (χ2v) is 10.2. The quantitative estimate of drug-likeness (QED) is 0.428. The van der Waals surface area contributed by atoms with Crippen molar-refractivity contribution in [3.8, 4) is 17.0 Å². The maximum absolute atomic E-state index is 11.7. The third-order valence-corrected chi connectivity index (χ3v) is 7.52. The van der Waals surface area contributed by atoms with Crippen molar-refractivity contribution in [3.63, 3.8) is 0 Å². The van der Waals surface area contributed by atoms with Crippen LogP contribution in [0.3, 0.4) is 0 Å². The summed E-state index contributed by atoms with van der Waals surface area (Å²) in [6.07, 6.45) is 6.94. The molecule has 0 unspecified atom stereocenters. The predicted octanol–water partition coefficient (Wildman–Crippen LogP) is 5.93. The number of amides is 1. The van der Waals surface area contributed by atoms with Crippen LogP contribution in [0, 0.1) is 0 Å². The average molecular weight is 509 g/mol. The fourth-order valence-corrected chi connectivity index (χ4v) is 5.13. The number of likely N-dealkylation sites (tertiary alicyclic amines) is 1. The lowest BCUT2D eigenvalue weighted by Crippen LogP contribution is -2.40. The first kappa shape index (κ1) is 23.8.